The fraction of sp³-hybridized carbons (Fsp3) is 0.0833. The van der Waals surface area contributed by atoms with Crippen molar-refractivity contribution in [2.75, 3.05) is 0 Å². The van der Waals surface area contributed by atoms with Gasteiger partial charge in [-0.1, -0.05) is 29.8 Å². The van der Waals surface area contributed by atoms with Crippen molar-refractivity contribution in [3.05, 3.63) is 53.2 Å². The molecule has 0 saturated heterocycles. The summed E-state index contributed by atoms with van der Waals surface area (Å²) < 4.78 is 38.4. The summed E-state index contributed by atoms with van der Waals surface area (Å²) in [5.74, 6) is 0. The van der Waals surface area contributed by atoms with Gasteiger partial charge in [-0.05, 0) is 12.1 Å². The molecule has 1 radical (unpaired) electrons. The summed E-state index contributed by atoms with van der Waals surface area (Å²) in [6.07, 6.45) is -3.14. The molecule has 0 bridgehead atoms. The zero-order valence-corrected chi connectivity index (χ0v) is 9.18. The number of rotatable bonds is 1. The maximum absolute atomic E-state index is 12.8. The molecule has 0 saturated carbocycles. The third-order valence-corrected chi connectivity index (χ3v) is 2.48. The second kappa shape index (κ2) is 4.37. The monoisotopic (exact) mass is 256 g/mol. The number of nitrogens with zero attached hydrogens (tertiary/aromatic N) is 1. The van der Waals surface area contributed by atoms with Gasteiger partial charge in [0.05, 0.1) is 16.3 Å². The molecule has 1 heterocycles. The van der Waals surface area contributed by atoms with Crippen LogP contribution in [0.2, 0.25) is 5.02 Å². The molecular weight excluding hydrogens is 251 g/mol. The van der Waals surface area contributed by atoms with Gasteiger partial charge in [0, 0.05) is 17.8 Å². The van der Waals surface area contributed by atoms with Gasteiger partial charge in [0.15, 0.2) is 0 Å². The Labute approximate surface area is 101 Å². The summed E-state index contributed by atoms with van der Waals surface area (Å²) in [5.41, 5.74) is -0.669. The van der Waals surface area contributed by atoms with E-state index >= 15 is 0 Å². The average Bonchev–Trinajstić information content (AvgIpc) is 2.28. The van der Waals surface area contributed by atoms with Crippen molar-refractivity contribution < 1.29 is 13.2 Å². The van der Waals surface area contributed by atoms with Crippen LogP contribution in [0.4, 0.5) is 13.2 Å². The van der Waals surface area contributed by atoms with Crippen molar-refractivity contribution in [2.45, 2.75) is 6.18 Å². The molecule has 0 aliphatic rings. The number of aromatic nitrogens is 1. The molecule has 0 aliphatic carbocycles. The zero-order valence-electron chi connectivity index (χ0n) is 8.42. The van der Waals surface area contributed by atoms with Crippen LogP contribution in [0.25, 0.3) is 11.3 Å². The highest BCUT2D eigenvalue weighted by atomic mass is 35.5. The standard InChI is InChI=1S/C12H6ClF3N/c13-10-6-3-7-17-11(10)8-4-1-2-5-9(8)12(14,15)16/h1-2,4-7H. The van der Waals surface area contributed by atoms with E-state index in [4.69, 9.17) is 11.6 Å². The maximum Gasteiger partial charge on any atom is 0.417 e. The fourth-order valence-electron chi connectivity index (χ4n) is 1.48. The van der Waals surface area contributed by atoms with E-state index in [-0.39, 0.29) is 16.3 Å². The molecule has 17 heavy (non-hydrogen) atoms. The summed E-state index contributed by atoms with van der Waals surface area (Å²) in [6.45, 7) is 0. The molecule has 0 unspecified atom stereocenters. The van der Waals surface area contributed by atoms with Crippen LogP contribution in [0.3, 0.4) is 0 Å². The Kier molecular flexibility index (Phi) is 3.07. The Balaban J connectivity index is 2.65. The van der Waals surface area contributed by atoms with Crippen LogP contribution in [0, 0.1) is 6.07 Å². The molecule has 2 aromatic rings. The minimum absolute atomic E-state index is 0.0287. The van der Waals surface area contributed by atoms with E-state index in [1.165, 1.54) is 30.5 Å². The van der Waals surface area contributed by atoms with E-state index in [0.717, 1.165) is 6.07 Å². The topological polar surface area (TPSA) is 12.9 Å². The summed E-state index contributed by atoms with van der Waals surface area (Å²) in [6, 6.07) is 9.18. The van der Waals surface area contributed by atoms with Gasteiger partial charge in [0.2, 0.25) is 0 Å². The Bertz CT molecular complexity index is 537. The van der Waals surface area contributed by atoms with Gasteiger partial charge in [-0.15, -0.1) is 0 Å². The lowest BCUT2D eigenvalue weighted by Crippen LogP contribution is -2.07. The molecule has 5 heteroatoms. The summed E-state index contributed by atoms with van der Waals surface area (Å²) >= 11 is 5.82. The largest absolute Gasteiger partial charge is 0.417 e. The van der Waals surface area contributed by atoms with Gasteiger partial charge >= 0.3 is 6.18 Å². The van der Waals surface area contributed by atoms with Crippen molar-refractivity contribution in [3.8, 4) is 11.3 Å². The highest BCUT2D eigenvalue weighted by molar-refractivity contribution is 6.33. The number of hydrogen-bond donors (Lipinski definition) is 0. The van der Waals surface area contributed by atoms with E-state index in [2.05, 4.69) is 11.1 Å². The van der Waals surface area contributed by atoms with Crippen LogP contribution in [-0.2, 0) is 6.18 Å². The average molecular weight is 257 g/mol. The smallest absolute Gasteiger partial charge is 0.254 e. The molecule has 0 amide bonds. The van der Waals surface area contributed by atoms with Gasteiger partial charge in [0.1, 0.15) is 0 Å². The predicted octanol–water partition coefficient (Wildman–Crippen LogP) is 4.22. The van der Waals surface area contributed by atoms with Crippen LogP contribution in [-0.4, -0.2) is 4.98 Å². The Hall–Kier alpha value is -1.55. The third-order valence-electron chi connectivity index (χ3n) is 2.19. The van der Waals surface area contributed by atoms with E-state index in [1.54, 1.807) is 0 Å². The highest BCUT2D eigenvalue weighted by Gasteiger charge is 2.33. The summed E-state index contributed by atoms with van der Waals surface area (Å²) in [7, 11) is 0. The second-order valence-corrected chi connectivity index (χ2v) is 3.72. The summed E-state index contributed by atoms with van der Waals surface area (Å²) in [4.78, 5) is 3.84. The lowest BCUT2D eigenvalue weighted by atomic mass is 10.0. The second-order valence-electron chi connectivity index (χ2n) is 3.31. The first-order chi connectivity index (χ1) is 8.00. The van der Waals surface area contributed by atoms with Crippen molar-refractivity contribution >= 4 is 11.6 Å². The molecule has 0 N–H and O–H groups in total. The lowest BCUT2D eigenvalue weighted by molar-refractivity contribution is -0.137. The van der Waals surface area contributed by atoms with Crippen molar-refractivity contribution in [2.24, 2.45) is 0 Å². The summed E-state index contributed by atoms with van der Waals surface area (Å²) in [5, 5.41) is 0.143. The van der Waals surface area contributed by atoms with E-state index in [0.29, 0.717) is 0 Å². The normalized spacial score (nSPS) is 11.5. The molecule has 0 fully saturated rings. The predicted molar refractivity (Wildman–Crippen MR) is 58.5 cm³/mol. The van der Waals surface area contributed by atoms with Crippen LogP contribution in [0.1, 0.15) is 5.56 Å². The molecule has 0 atom stereocenters. The zero-order chi connectivity index (χ0) is 12.5. The Morgan fingerprint density at radius 3 is 2.53 bits per heavy atom. The van der Waals surface area contributed by atoms with E-state index in [9.17, 15) is 13.2 Å². The number of hydrogen-bond acceptors (Lipinski definition) is 1. The highest BCUT2D eigenvalue weighted by Crippen LogP contribution is 2.38. The maximum atomic E-state index is 12.8. The SMILES string of the molecule is FC(F)(F)c1ccccc1-c1nc[c]cc1Cl. The van der Waals surface area contributed by atoms with Crippen molar-refractivity contribution in [3.63, 3.8) is 0 Å². The van der Waals surface area contributed by atoms with Gasteiger partial charge in [-0.3, -0.25) is 4.98 Å². The fourth-order valence-corrected chi connectivity index (χ4v) is 1.69. The number of alkyl halides is 3. The Morgan fingerprint density at radius 2 is 1.88 bits per heavy atom. The Morgan fingerprint density at radius 1 is 1.18 bits per heavy atom. The molecule has 87 valence electrons. The molecular formula is C12H6ClF3N. The molecule has 0 spiro atoms. The molecule has 2 rings (SSSR count). The van der Waals surface area contributed by atoms with Crippen molar-refractivity contribution in [1.29, 1.82) is 0 Å². The first-order valence-corrected chi connectivity index (χ1v) is 5.06. The van der Waals surface area contributed by atoms with Gasteiger partial charge < -0.3 is 0 Å². The van der Waals surface area contributed by atoms with Gasteiger partial charge in [0.25, 0.3) is 0 Å². The third kappa shape index (κ3) is 2.42. The minimum Gasteiger partial charge on any atom is -0.254 e. The lowest BCUT2D eigenvalue weighted by Gasteiger charge is -2.12. The van der Waals surface area contributed by atoms with Gasteiger partial charge in [-0.2, -0.15) is 13.2 Å². The van der Waals surface area contributed by atoms with Crippen LogP contribution in [0.5, 0.6) is 0 Å². The van der Waals surface area contributed by atoms with Crippen molar-refractivity contribution in [1.82, 2.24) is 4.98 Å². The van der Waals surface area contributed by atoms with Crippen LogP contribution < -0.4 is 0 Å². The number of benzene rings is 1. The number of halogens is 4. The molecule has 1 aromatic heterocycles. The number of pyridine rings is 1. The quantitative estimate of drug-likeness (QED) is 0.744. The van der Waals surface area contributed by atoms with Crippen LogP contribution in [0.15, 0.2) is 36.5 Å². The molecule has 1 nitrogen and oxygen atoms in total. The van der Waals surface area contributed by atoms with E-state index in [1.807, 2.05) is 0 Å². The first kappa shape index (κ1) is 11.9. The van der Waals surface area contributed by atoms with Gasteiger partial charge in [-0.25, -0.2) is 0 Å². The molecule has 0 aliphatic heterocycles. The minimum atomic E-state index is -4.43. The molecule has 1 aromatic carbocycles. The first-order valence-electron chi connectivity index (χ1n) is 4.68. The van der Waals surface area contributed by atoms with Crippen LogP contribution >= 0.6 is 11.6 Å². The van der Waals surface area contributed by atoms with E-state index < -0.39 is 11.7 Å².